The highest BCUT2D eigenvalue weighted by Gasteiger charge is 2.19. The zero-order valence-corrected chi connectivity index (χ0v) is 17.8. The molecule has 7 rings (SSSR count). The summed E-state index contributed by atoms with van der Waals surface area (Å²) in [7, 11) is 0. The molecule has 2 aromatic heterocycles. The van der Waals surface area contributed by atoms with Crippen LogP contribution in [0.1, 0.15) is 0 Å². The van der Waals surface area contributed by atoms with E-state index in [9.17, 15) is 0 Å². The Morgan fingerprint density at radius 3 is 2.00 bits per heavy atom. The van der Waals surface area contributed by atoms with Gasteiger partial charge in [-0.05, 0) is 35.0 Å². The lowest BCUT2D eigenvalue weighted by atomic mass is 10.0. The Hall–Kier alpha value is -4.50. The van der Waals surface area contributed by atoms with Crippen LogP contribution in [0.5, 0.6) is 0 Å². The second-order valence-corrected chi connectivity index (χ2v) is 8.28. The van der Waals surface area contributed by atoms with E-state index in [4.69, 9.17) is 9.97 Å². The lowest BCUT2D eigenvalue weighted by molar-refractivity contribution is 1.08. The van der Waals surface area contributed by atoms with E-state index < -0.39 is 0 Å². The molecule has 0 atom stereocenters. The highest BCUT2D eigenvalue weighted by atomic mass is 15.1. The van der Waals surface area contributed by atoms with Gasteiger partial charge in [0.1, 0.15) is 5.69 Å². The maximum atomic E-state index is 5.17. The summed E-state index contributed by atoms with van der Waals surface area (Å²) in [4.78, 5) is 10.3. The van der Waals surface area contributed by atoms with Crippen molar-refractivity contribution in [2.45, 2.75) is 0 Å². The summed E-state index contributed by atoms with van der Waals surface area (Å²) in [6, 6.07) is 40.0. The average Bonchev–Trinajstić information content (AvgIpc) is 3.23. The van der Waals surface area contributed by atoms with Gasteiger partial charge >= 0.3 is 0 Å². The number of hydrogen-bond donors (Lipinski definition) is 0. The number of para-hydroxylation sites is 3. The Morgan fingerprint density at radius 2 is 1.15 bits per heavy atom. The number of nitrogens with zero attached hydrogens (tertiary/aromatic N) is 3. The lowest BCUT2D eigenvalue weighted by Crippen LogP contribution is -2.03. The molecule has 33 heavy (non-hydrogen) atoms. The molecule has 5 aromatic carbocycles. The van der Waals surface area contributed by atoms with Gasteiger partial charge in [0.2, 0.25) is 0 Å². The number of benzene rings is 5. The van der Waals surface area contributed by atoms with Crippen molar-refractivity contribution in [1.82, 2.24) is 14.5 Å². The molecule has 0 saturated heterocycles. The van der Waals surface area contributed by atoms with Gasteiger partial charge in [0.25, 0.3) is 0 Å². The summed E-state index contributed by atoms with van der Waals surface area (Å²) in [6.07, 6.45) is 0. The van der Waals surface area contributed by atoms with Crippen LogP contribution in [0.15, 0.2) is 115 Å². The van der Waals surface area contributed by atoms with E-state index in [2.05, 4.69) is 89.5 Å². The topological polar surface area (TPSA) is 30.7 Å². The van der Waals surface area contributed by atoms with Crippen LogP contribution in [-0.4, -0.2) is 14.5 Å². The minimum atomic E-state index is 0.849. The van der Waals surface area contributed by atoms with Crippen molar-refractivity contribution >= 4 is 43.6 Å². The first kappa shape index (κ1) is 18.1. The fraction of sp³-hybridized carbons (Fsp3) is 0. The number of rotatable bonds is 2. The number of aromatic nitrogens is 3. The molecule has 0 aliphatic carbocycles. The number of fused-ring (bicyclic) bond motifs is 6. The van der Waals surface area contributed by atoms with Crippen LogP contribution < -0.4 is 0 Å². The molecular weight excluding hydrogens is 402 g/mol. The molecular formula is C30H19N3. The molecule has 3 heteroatoms. The van der Waals surface area contributed by atoms with Crippen molar-refractivity contribution in [3.8, 4) is 17.1 Å². The van der Waals surface area contributed by atoms with Crippen LogP contribution in [0.3, 0.4) is 0 Å². The molecule has 0 unspecified atom stereocenters. The minimum Gasteiger partial charge on any atom is -0.292 e. The first-order chi connectivity index (χ1) is 16.4. The van der Waals surface area contributed by atoms with E-state index in [0.29, 0.717) is 0 Å². The lowest BCUT2D eigenvalue weighted by Gasteiger charge is -2.13. The SMILES string of the molecule is c1ccc(-c2nc3ccccc3nc2-n2c3ccccc3c3c4ccccc4ccc32)cc1. The van der Waals surface area contributed by atoms with E-state index >= 15 is 0 Å². The highest BCUT2D eigenvalue weighted by Crippen LogP contribution is 2.38. The summed E-state index contributed by atoms with van der Waals surface area (Å²) < 4.78 is 2.28. The van der Waals surface area contributed by atoms with Crippen LogP contribution in [-0.2, 0) is 0 Å². The third-order valence-corrected chi connectivity index (χ3v) is 6.37. The summed E-state index contributed by atoms with van der Waals surface area (Å²) in [5, 5.41) is 4.96. The molecule has 0 radical (unpaired) electrons. The Kier molecular flexibility index (Phi) is 3.84. The van der Waals surface area contributed by atoms with Crippen LogP contribution in [0, 0.1) is 0 Å². The normalized spacial score (nSPS) is 11.6. The Labute approximate surface area is 190 Å². The van der Waals surface area contributed by atoms with Crippen molar-refractivity contribution < 1.29 is 0 Å². The zero-order chi connectivity index (χ0) is 21.8. The predicted molar refractivity (Wildman–Crippen MR) is 137 cm³/mol. The maximum absolute atomic E-state index is 5.17. The molecule has 154 valence electrons. The Morgan fingerprint density at radius 1 is 0.485 bits per heavy atom. The van der Waals surface area contributed by atoms with Crippen LogP contribution in [0.25, 0.3) is 60.7 Å². The van der Waals surface area contributed by atoms with E-state index in [1.54, 1.807) is 0 Å². The molecule has 0 aliphatic heterocycles. The third kappa shape index (κ3) is 2.69. The van der Waals surface area contributed by atoms with Gasteiger partial charge in [0, 0.05) is 16.3 Å². The second kappa shape index (κ2) is 7.01. The Balaban J connectivity index is 1.69. The van der Waals surface area contributed by atoms with Gasteiger partial charge in [-0.3, -0.25) is 4.57 Å². The van der Waals surface area contributed by atoms with Crippen molar-refractivity contribution in [2.24, 2.45) is 0 Å². The minimum absolute atomic E-state index is 0.849. The summed E-state index contributed by atoms with van der Waals surface area (Å²) in [6.45, 7) is 0. The van der Waals surface area contributed by atoms with E-state index in [-0.39, 0.29) is 0 Å². The van der Waals surface area contributed by atoms with E-state index in [1.807, 2.05) is 30.3 Å². The molecule has 0 fully saturated rings. The van der Waals surface area contributed by atoms with Crippen LogP contribution in [0.2, 0.25) is 0 Å². The third-order valence-electron chi connectivity index (χ3n) is 6.37. The zero-order valence-electron chi connectivity index (χ0n) is 17.8. The summed E-state index contributed by atoms with van der Waals surface area (Å²) in [5.41, 5.74) is 5.98. The van der Waals surface area contributed by atoms with Gasteiger partial charge in [-0.1, -0.05) is 91.0 Å². The maximum Gasteiger partial charge on any atom is 0.165 e. The van der Waals surface area contributed by atoms with Gasteiger partial charge in [-0.25, -0.2) is 9.97 Å². The molecule has 2 heterocycles. The van der Waals surface area contributed by atoms with Crippen LogP contribution >= 0.6 is 0 Å². The quantitative estimate of drug-likeness (QED) is 0.289. The van der Waals surface area contributed by atoms with Crippen molar-refractivity contribution in [1.29, 1.82) is 0 Å². The molecule has 0 bridgehead atoms. The molecule has 0 saturated carbocycles. The highest BCUT2D eigenvalue weighted by molar-refractivity contribution is 6.21. The van der Waals surface area contributed by atoms with Crippen molar-refractivity contribution in [3.63, 3.8) is 0 Å². The molecule has 3 nitrogen and oxygen atoms in total. The van der Waals surface area contributed by atoms with E-state index in [1.165, 1.54) is 21.5 Å². The smallest absolute Gasteiger partial charge is 0.165 e. The summed E-state index contributed by atoms with van der Waals surface area (Å²) >= 11 is 0. The standard InChI is InChI=1S/C30H19N3/c1-2-11-21(12-3-1)29-30(32-25-16-8-7-15-24(25)31-29)33-26-17-9-6-14-23(26)28-22-13-5-4-10-20(22)18-19-27(28)33/h1-19H. The first-order valence-electron chi connectivity index (χ1n) is 11.1. The van der Waals surface area contributed by atoms with Gasteiger partial charge < -0.3 is 0 Å². The van der Waals surface area contributed by atoms with Gasteiger partial charge in [-0.15, -0.1) is 0 Å². The predicted octanol–water partition coefficient (Wildman–Crippen LogP) is 7.55. The number of hydrogen-bond acceptors (Lipinski definition) is 2. The average molecular weight is 422 g/mol. The van der Waals surface area contributed by atoms with E-state index in [0.717, 1.165) is 39.1 Å². The van der Waals surface area contributed by atoms with Crippen LogP contribution in [0.4, 0.5) is 0 Å². The largest absolute Gasteiger partial charge is 0.292 e. The molecule has 0 amide bonds. The van der Waals surface area contributed by atoms with Gasteiger partial charge in [0.05, 0.1) is 22.1 Å². The molecule has 0 spiro atoms. The molecule has 0 aliphatic rings. The molecule has 7 aromatic rings. The second-order valence-electron chi connectivity index (χ2n) is 8.28. The Bertz CT molecular complexity index is 1810. The van der Waals surface area contributed by atoms with Crippen molar-refractivity contribution in [2.75, 3.05) is 0 Å². The molecule has 0 N–H and O–H groups in total. The first-order valence-corrected chi connectivity index (χ1v) is 11.1. The fourth-order valence-corrected chi connectivity index (χ4v) is 4.90. The fourth-order valence-electron chi connectivity index (χ4n) is 4.90. The summed E-state index contributed by atoms with van der Waals surface area (Å²) in [5.74, 6) is 0.849. The van der Waals surface area contributed by atoms with Crippen molar-refractivity contribution in [3.05, 3.63) is 115 Å². The van der Waals surface area contributed by atoms with Gasteiger partial charge in [-0.2, -0.15) is 0 Å². The van der Waals surface area contributed by atoms with Gasteiger partial charge in [0.15, 0.2) is 5.82 Å². The monoisotopic (exact) mass is 421 g/mol.